The van der Waals surface area contributed by atoms with Gasteiger partial charge in [0.05, 0.1) is 11.2 Å². The molecule has 0 saturated carbocycles. The lowest BCUT2D eigenvalue weighted by Crippen LogP contribution is -2.57. The summed E-state index contributed by atoms with van der Waals surface area (Å²) in [5.41, 5.74) is 2.33. The highest BCUT2D eigenvalue weighted by Gasteiger charge is 2.38. The van der Waals surface area contributed by atoms with Crippen LogP contribution in [0.3, 0.4) is 0 Å². The summed E-state index contributed by atoms with van der Waals surface area (Å²) < 4.78 is 7.32. The minimum Gasteiger partial charge on any atom is -0.366 e. The summed E-state index contributed by atoms with van der Waals surface area (Å²) in [5.74, 6) is 0. The van der Waals surface area contributed by atoms with Gasteiger partial charge in [-0.25, -0.2) is 0 Å². The Morgan fingerprint density at radius 1 is 1.19 bits per heavy atom. The number of morpholine rings is 1. The molecule has 1 aliphatic heterocycles. The second-order valence-electron chi connectivity index (χ2n) is 7.19. The van der Waals surface area contributed by atoms with Gasteiger partial charge in [0.2, 0.25) is 0 Å². The van der Waals surface area contributed by atoms with Crippen LogP contribution in [0.2, 0.25) is 0 Å². The van der Waals surface area contributed by atoms with Crippen molar-refractivity contribution in [2.45, 2.75) is 51.9 Å². The lowest BCUT2D eigenvalue weighted by Gasteiger charge is -2.48. The number of hydrogen-bond acceptors (Lipinski definition) is 3. The van der Waals surface area contributed by atoms with E-state index < -0.39 is 0 Å². The third-order valence-electron chi connectivity index (χ3n) is 3.93. The van der Waals surface area contributed by atoms with Crippen molar-refractivity contribution < 1.29 is 4.74 Å². The van der Waals surface area contributed by atoms with Gasteiger partial charge in [-0.05, 0) is 65.4 Å². The van der Waals surface area contributed by atoms with Gasteiger partial charge >= 0.3 is 0 Å². The number of benzene rings is 1. The Balaban J connectivity index is 2.41. The van der Waals surface area contributed by atoms with Crippen LogP contribution in [-0.2, 0) is 4.74 Å². The molecule has 0 radical (unpaired) electrons. The molecule has 1 N–H and O–H groups in total. The maximum atomic E-state index is 6.20. The van der Waals surface area contributed by atoms with Crippen LogP contribution in [0.4, 0.5) is 5.69 Å². The Labute approximate surface area is 137 Å². The normalized spacial score (nSPS) is 22.1. The van der Waals surface area contributed by atoms with Gasteiger partial charge in [0.1, 0.15) is 0 Å². The molecule has 2 rings (SSSR count). The molecule has 118 valence electrons. The standard InChI is InChI=1S/C17H27BrN2O/c1-12(19-6)14-9-13(18)7-8-15(14)20-10-16(2,3)21-17(4,5)11-20/h7-9,12,19H,10-11H2,1-6H3. The molecule has 1 atom stereocenters. The average molecular weight is 355 g/mol. The molecule has 3 nitrogen and oxygen atoms in total. The van der Waals surface area contributed by atoms with Crippen LogP contribution in [0.15, 0.2) is 22.7 Å². The van der Waals surface area contributed by atoms with Crippen molar-refractivity contribution >= 4 is 21.6 Å². The van der Waals surface area contributed by atoms with Gasteiger partial charge in [-0.15, -0.1) is 0 Å². The van der Waals surface area contributed by atoms with E-state index in [4.69, 9.17) is 4.74 Å². The Morgan fingerprint density at radius 2 is 1.76 bits per heavy atom. The van der Waals surface area contributed by atoms with Gasteiger partial charge < -0.3 is 15.0 Å². The lowest BCUT2D eigenvalue weighted by atomic mass is 9.96. The first-order chi connectivity index (χ1) is 9.63. The van der Waals surface area contributed by atoms with Crippen molar-refractivity contribution in [3.8, 4) is 0 Å². The topological polar surface area (TPSA) is 24.5 Å². The molecular weight excluding hydrogens is 328 g/mol. The van der Waals surface area contributed by atoms with Crippen LogP contribution >= 0.6 is 15.9 Å². The van der Waals surface area contributed by atoms with E-state index in [1.165, 1.54) is 11.3 Å². The van der Waals surface area contributed by atoms with Crippen LogP contribution in [0, 0.1) is 0 Å². The van der Waals surface area contributed by atoms with Gasteiger partial charge in [0, 0.05) is 29.3 Å². The summed E-state index contributed by atoms with van der Waals surface area (Å²) in [4.78, 5) is 2.46. The monoisotopic (exact) mass is 354 g/mol. The van der Waals surface area contributed by atoms with Crippen molar-refractivity contribution in [2.75, 3.05) is 25.0 Å². The second-order valence-corrected chi connectivity index (χ2v) is 8.11. The molecule has 1 heterocycles. The van der Waals surface area contributed by atoms with Gasteiger partial charge in [0.25, 0.3) is 0 Å². The summed E-state index contributed by atoms with van der Waals surface area (Å²) in [5, 5.41) is 3.35. The third-order valence-corrected chi connectivity index (χ3v) is 4.42. The molecular formula is C17H27BrN2O. The molecule has 4 heteroatoms. The fourth-order valence-corrected chi connectivity index (χ4v) is 3.65. The van der Waals surface area contributed by atoms with Gasteiger partial charge in [0.15, 0.2) is 0 Å². The fraction of sp³-hybridized carbons (Fsp3) is 0.647. The van der Waals surface area contributed by atoms with Crippen LogP contribution in [0.5, 0.6) is 0 Å². The first-order valence-corrected chi connectivity index (χ1v) is 8.35. The third kappa shape index (κ3) is 3.99. The molecule has 1 aliphatic rings. The number of ether oxygens (including phenoxy) is 1. The molecule has 1 aromatic carbocycles. The zero-order chi connectivity index (χ0) is 15.8. The molecule has 0 aliphatic carbocycles. The highest BCUT2D eigenvalue weighted by atomic mass is 79.9. The van der Waals surface area contributed by atoms with Crippen LogP contribution < -0.4 is 10.2 Å². The highest BCUT2D eigenvalue weighted by Crippen LogP contribution is 2.36. The summed E-state index contributed by atoms with van der Waals surface area (Å²) in [7, 11) is 2.00. The zero-order valence-electron chi connectivity index (χ0n) is 14.0. The number of rotatable bonds is 3. The maximum absolute atomic E-state index is 6.20. The van der Waals surface area contributed by atoms with E-state index >= 15 is 0 Å². The molecule has 1 fully saturated rings. The van der Waals surface area contributed by atoms with E-state index in [0.29, 0.717) is 6.04 Å². The Morgan fingerprint density at radius 3 is 2.29 bits per heavy atom. The number of anilines is 1. The van der Waals surface area contributed by atoms with Crippen molar-refractivity contribution in [2.24, 2.45) is 0 Å². The van der Waals surface area contributed by atoms with E-state index in [1.807, 2.05) is 7.05 Å². The van der Waals surface area contributed by atoms with Gasteiger partial charge in [-0.3, -0.25) is 0 Å². The molecule has 1 unspecified atom stereocenters. The fourth-order valence-electron chi connectivity index (χ4n) is 3.27. The predicted octanol–water partition coefficient (Wildman–Crippen LogP) is 4.12. The largest absolute Gasteiger partial charge is 0.366 e. The number of nitrogens with one attached hydrogen (secondary N) is 1. The Bertz CT molecular complexity index is 498. The molecule has 1 aromatic rings. The van der Waals surface area contributed by atoms with Crippen molar-refractivity contribution in [3.63, 3.8) is 0 Å². The van der Waals surface area contributed by atoms with E-state index in [-0.39, 0.29) is 11.2 Å². The minimum atomic E-state index is -0.144. The molecule has 0 spiro atoms. The summed E-state index contributed by atoms with van der Waals surface area (Å²) in [6.45, 7) is 12.7. The summed E-state index contributed by atoms with van der Waals surface area (Å²) in [6, 6.07) is 6.86. The van der Waals surface area contributed by atoms with Crippen LogP contribution in [-0.4, -0.2) is 31.3 Å². The van der Waals surface area contributed by atoms with Crippen LogP contribution in [0.25, 0.3) is 0 Å². The summed E-state index contributed by atoms with van der Waals surface area (Å²) >= 11 is 3.59. The Kier molecular flexibility index (Phi) is 4.72. The smallest absolute Gasteiger partial charge is 0.0808 e. The van der Waals surface area contributed by atoms with E-state index in [2.05, 4.69) is 79.0 Å². The zero-order valence-corrected chi connectivity index (χ0v) is 15.5. The minimum absolute atomic E-state index is 0.144. The number of hydrogen-bond donors (Lipinski definition) is 1. The molecule has 0 bridgehead atoms. The van der Waals surface area contributed by atoms with Crippen molar-refractivity contribution in [1.29, 1.82) is 0 Å². The van der Waals surface area contributed by atoms with Crippen molar-refractivity contribution in [1.82, 2.24) is 5.32 Å². The first kappa shape index (κ1) is 16.8. The van der Waals surface area contributed by atoms with E-state index in [0.717, 1.165) is 17.6 Å². The molecule has 1 saturated heterocycles. The van der Waals surface area contributed by atoms with E-state index in [9.17, 15) is 0 Å². The molecule has 0 amide bonds. The number of halogens is 1. The lowest BCUT2D eigenvalue weighted by molar-refractivity contribution is -0.133. The number of nitrogens with zero attached hydrogens (tertiary/aromatic N) is 1. The second kappa shape index (κ2) is 5.90. The van der Waals surface area contributed by atoms with Gasteiger partial charge in [-0.1, -0.05) is 15.9 Å². The maximum Gasteiger partial charge on any atom is 0.0808 e. The quantitative estimate of drug-likeness (QED) is 0.883. The van der Waals surface area contributed by atoms with Crippen LogP contribution in [0.1, 0.15) is 46.2 Å². The molecule has 0 aromatic heterocycles. The first-order valence-electron chi connectivity index (χ1n) is 7.55. The molecule has 21 heavy (non-hydrogen) atoms. The predicted molar refractivity (Wildman–Crippen MR) is 93.1 cm³/mol. The SMILES string of the molecule is CNC(C)c1cc(Br)ccc1N1CC(C)(C)OC(C)(C)C1. The Hall–Kier alpha value is -0.580. The average Bonchev–Trinajstić information content (AvgIpc) is 2.33. The summed E-state index contributed by atoms with van der Waals surface area (Å²) in [6.07, 6.45) is 0. The van der Waals surface area contributed by atoms with Gasteiger partial charge in [-0.2, -0.15) is 0 Å². The van der Waals surface area contributed by atoms with Crippen molar-refractivity contribution in [3.05, 3.63) is 28.2 Å². The van der Waals surface area contributed by atoms with E-state index in [1.54, 1.807) is 0 Å². The highest BCUT2D eigenvalue weighted by molar-refractivity contribution is 9.10.